The van der Waals surface area contributed by atoms with E-state index in [0.717, 1.165) is 6.42 Å². The van der Waals surface area contributed by atoms with Gasteiger partial charge in [0.15, 0.2) is 0 Å². The Kier molecular flexibility index (Phi) is 5.63. The highest BCUT2D eigenvalue weighted by Crippen LogP contribution is 2.34. The van der Waals surface area contributed by atoms with Crippen LogP contribution < -0.4 is 10.1 Å². The zero-order chi connectivity index (χ0) is 16.0. The zero-order valence-corrected chi connectivity index (χ0v) is 13.0. The summed E-state index contributed by atoms with van der Waals surface area (Å²) in [5.74, 6) is 0.657. The molecular weight excluding hydrogens is 272 g/mol. The largest absolute Gasteiger partial charge is 0.473 e. The van der Waals surface area contributed by atoms with Gasteiger partial charge in [-0.2, -0.15) is 4.98 Å². The van der Waals surface area contributed by atoms with Gasteiger partial charge in [-0.05, 0) is 6.42 Å². The summed E-state index contributed by atoms with van der Waals surface area (Å²) >= 11 is 0. The lowest BCUT2D eigenvalue weighted by atomic mass is 9.96. The summed E-state index contributed by atoms with van der Waals surface area (Å²) in [5.41, 5.74) is -0.581. The molecule has 0 saturated carbocycles. The molecule has 21 heavy (non-hydrogen) atoms. The van der Waals surface area contributed by atoms with Crippen LogP contribution in [0.25, 0.3) is 0 Å². The van der Waals surface area contributed by atoms with E-state index < -0.39 is 4.92 Å². The van der Waals surface area contributed by atoms with Crippen LogP contribution in [0, 0.1) is 10.1 Å². The number of rotatable bonds is 7. The van der Waals surface area contributed by atoms with Crippen molar-refractivity contribution in [2.75, 3.05) is 18.5 Å². The smallest absolute Gasteiger partial charge is 0.372 e. The predicted octanol–water partition coefficient (Wildman–Crippen LogP) is 3.07. The van der Waals surface area contributed by atoms with E-state index in [1.54, 1.807) is 6.08 Å². The molecule has 0 amide bonds. The van der Waals surface area contributed by atoms with E-state index >= 15 is 0 Å². The van der Waals surface area contributed by atoms with Crippen molar-refractivity contribution in [1.82, 2.24) is 9.97 Å². The standard InChI is InChI=1S/C14H22N4O3/c1-6-8-15-11-10(18(19)20)12(21-9-7-2)17-13(16-11)14(3,4)5/h6H,1,7-9H2,2-5H3,(H,15,16,17). The van der Waals surface area contributed by atoms with Gasteiger partial charge >= 0.3 is 5.69 Å². The summed E-state index contributed by atoms with van der Waals surface area (Å²) < 4.78 is 5.45. The highest BCUT2D eigenvalue weighted by molar-refractivity contribution is 5.62. The van der Waals surface area contributed by atoms with E-state index in [1.165, 1.54) is 0 Å². The van der Waals surface area contributed by atoms with Crippen LogP contribution >= 0.6 is 0 Å². The summed E-state index contributed by atoms with van der Waals surface area (Å²) in [6.07, 6.45) is 2.34. The average molecular weight is 294 g/mol. The fraction of sp³-hybridized carbons (Fsp3) is 0.571. The molecule has 0 fully saturated rings. The van der Waals surface area contributed by atoms with Crippen molar-refractivity contribution in [2.24, 2.45) is 0 Å². The maximum absolute atomic E-state index is 11.3. The number of anilines is 1. The monoisotopic (exact) mass is 294 g/mol. The van der Waals surface area contributed by atoms with Crippen molar-refractivity contribution >= 4 is 11.5 Å². The molecular formula is C14H22N4O3. The van der Waals surface area contributed by atoms with Crippen molar-refractivity contribution in [1.29, 1.82) is 0 Å². The Bertz CT molecular complexity index is 524. The molecule has 0 aliphatic heterocycles. The topological polar surface area (TPSA) is 90.2 Å². The lowest BCUT2D eigenvalue weighted by molar-refractivity contribution is -0.385. The molecule has 1 heterocycles. The van der Waals surface area contributed by atoms with Gasteiger partial charge in [-0.25, -0.2) is 4.98 Å². The second kappa shape index (κ2) is 7.01. The Balaban J connectivity index is 3.41. The van der Waals surface area contributed by atoms with Gasteiger partial charge in [-0.1, -0.05) is 33.8 Å². The number of ether oxygens (including phenoxy) is 1. The lowest BCUT2D eigenvalue weighted by Gasteiger charge is -2.19. The fourth-order valence-electron chi connectivity index (χ4n) is 1.53. The summed E-state index contributed by atoms with van der Waals surface area (Å²) in [5, 5.41) is 14.2. The van der Waals surface area contributed by atoms with Crippen LogP contribution in [0.15, 0.2) is 12.7 Å². The van der Waals surface area contributed by atoms with Gasteiger partial charge < -0.3 is 10.1 Å². The van der Waals surface area contributed by atoms with Gasteiger partial charge in [0, 0.05) is 12.0 Å². The third-order valence-corrected chi connectivity index (χ3v) is 2.56. The molecule has 0 spiro atoms. The minimum atomic E-state index is -0.525. The Labute approximate surface area is 124 Å². The quantitative estimate of drug-likeness (QED) is 0.472. The summed E-state index contributed by atoms with van der Waals surface area (Å²) in [7, 11) is 0. The molecule has 0 unspecified atom stereocenters. The molecule has 7 nitrogen and oxygen atoms in total. The second-order valence-corrected chi connectivity index (χ2v) is 5.57. The molecule has 1 N–H and O–H groups in total. The average Bonchev–Trinajstić information content (AvgIpc) is 2.40. The first-order valence-corrected chi connectivity index (χ1v) is 6.85. The van der Waals surface area contributed by atoms with E-state index in [4.69, 9.17) is 4.74 Å². The highest BCUT2D eigenvalue weighted by Gasteiger charge is 2.29. The van der Waals surface area contributed by atoms with Crippen molar-refractivity contribution in [2.45, 2.75) is 39.5 Å². The fourth-order valence-corrected chi connectivity index (χ4v) is 1.53. The van der Waals surface area contributed by atoms with E-state index in [9.17, 15) is 10.1 Å². The van der Waals surface area contributed by atoms with Crippen LogP contribution in [0.4, 0.5) is 11.5 Å². The molecule has 1 aromatic rings. The SMILES string of the molecule is C=CCNc1nc(C(C)(C)C)nc(OCCC)c1[N+](=O)[O-]. The molecule has 116 valence electrons. The van der Waals surface area contributed by atoms with Crippen LogP contribution in [0.1, 0.15) is 39.9 Å². The van der Waals surface area contributed by atoms with E-state index in [2.05, 4.69) is 21.9 Å². The molecule has 0 aliphatic rings. The number of nitrogens with one attached hydrogen (secondary N) is 1. The van der Waals surface area contributed by atoms with Crippen LogP contribution in [0.2, 0.25) is 0 Å². The Morgan fingerprint density at radius 1 is 1.43 bits per heavy atom. The van der Waals surface area contributed by atoms with Gasteiger partial charge in [0.05, 0.1) is 11.5 Å². The molecule has 1 aromatic heterocycles. The van der Waals surface area contributed by atoms with E-state index in [-0.39, 0.29) is 22.8 Å². The molecule has 1 rings (SSSR count). The van der Waals surface area contributed by atoms with Gasteiger partial charge in [-0.15, -0.1) is 6.58 Å². The first kappa shape index (κ1) is 16.9. The molecule has 0 atom stereocenters. The Morgan fingerprint density at radius 3 is 2.57 bits per heavy atom. The number of nitrogens with zero attached hydrogens (tertiary/aromatic N) is 3. The molecule has 0 bridgehead atoms. The predicted molar refractivity (Wildman–Crippen MR) is 81.9 cm³/mol. The van der Waals surface area contributed by atoms with Gasteiger partial charge in [0.2, 0.25) is 5.82 Å². The van der Waals surface area contributed by atoms with Crippen LogP contribution in [0.5, 0.6) is 5.88 Å². The van der Waals surface area contributed by atoms with Crippen molar-refractivity contribution in [3.8, 4) is 5.88 Å². The minimum absolute atomic E-state index is 0.00772. The molecule has 0 aromatic carbocycles. The minimum Gasteiger partial charge on any atom is -0.473 e. The maximum Gasteiger partial charge on any atom is 0.372 e. The molecule has 7 heteroatoms. The van der Waals surface area contributed by atoms with E-state index in [1.807, 2.05) is 27.7 Å². The Morgan fingerprint density at radius 2 is 2.10 bits per heavy atom. The van der Waals surface area contributed by atoms with Crippen LogP contribution in [-0.2, 0) is 5.41 Å². The summed E-state index contributed by atoms with van der Waals surface area (Å²) in [6, 6.07) is 0. The Hall–Kier alpha value is -2.18. The first-order chi connectivity index (χ1) is 9.81. The molecule has 0 radical (unpaired) electrons. The third-order valence-electron chi connectivity index (χ3n) is 2.56. The van der Waals surface area contributed by atoms with Gasteiger partial charge in [0.1, 0.15) is 5.82 Å². The molecule has 0 saturated heterocycles. The maximum atomic E-state index is 11.3. The van der Waals surface area contributed by atoms with Crippen molar-refractivity contribution in [3.05, 3.63) is 28.6 Å². The third kappa shape index (κ3) is 4.40. The normalized spacial score (nSPS) is 11.0. The highest BCUT2D eigenvalue weighted by atomic mass is 16.6. The van der Waals surface area contributed by atoms with Gasteiger partial charge in [0.25, 0.3) is 5.88 Å². The van der Waals surface area contributed by atoms with Crippen LogP contribution in [-0.4, -0.2) is 28.0 Å². The number of aromatic nitrogens is 2. The van der Waals surface area contributed by atoms with E-state index in [0.29, 0.717) is 19.0 Å². The van der Waals surface area contributed by atoms with Crippen molar-refractivity contribution in [3.63, 3.8) is 0 Å². The number of hydrogen-bond donors (Lipinski definition) is 1. The van der Waals surface area contributed by atoms with Crippen molar-refractivity contribution < 1.29 is 9.66 Å². The number of hydrogen-bond acceptors (Lipinski definition) is 6. The summed E-state index contributed by atoms with van der Waals surface area (Å²) in [6.45, 7) is 12.1. The second-order valence-electron chi connectivity index (χ2n) is 5.57. The molecule has 0 aliphatic carbocycles. The zero-order valence-electron chi connectivity index (χ0n) is 13.0. The lowest BCUT2D eigenvalue weighted by Crippen LogP contribution is -2.19. The number of nitro groups is 1. The van der Waals surface area contributed by atoms with Crippen LogP contribution in [0.3, 0.4) is 0 Å². The van der Waals surface area contributed by atoms with Gasteiger partial charge in [-0.3, -0.25) is 10.1 Å². The summed E-state index contributed by atoms with van der Waals surface area (Å²) in [4.78, 5) is 19.3. The first-order valence-electron chi connectivity index (χ1n) is 6.85.